The molecule has 1 unspecified atom stereocenters. The predicted molar refractivity (Wildman–Crippen MR) is 55.5 cm³/mol. The summed E-state index contributed by atoms with van der Waals surface area (Å²) >= 11 is 0. The summed E-state index contributed by atoms with van der Waals surface area (Å²) in [5.41, 5.74) is 0.699. The lowest BCUT2D eigenvalue weighted by atomic mass is 10.3. The van der Waals surface area contributed by atoms with E-state index in [0.29, 0.717) is 11.3 Å². The molecule has 0 aliphatic heterocycles. The molecule has 0 aromatic heterocycles. The van der Waals surface area contributed by atoms with Gasteiger partial charge in [0.15, 0.2) is 0 Å². The average Bonchev–Trinajstić information content (AvgIpc) is 2.01. The van der Waals surface area contributed by atoms with Crippen molar-refractivity contribution in [2.75, 3.05) is 6.61 Å². The predicted octanol–water partition coefficient (Wildman–Crippen LogP) is 1.76. The van der Waals surface area contributed by atoms with Crippen molar-refractivity contribution in [3.05, 3.63) is 24.5 Å². The van der Waals surface area contributed by atoms with Crippen molar-refractivity contribution >= 4 is 10.1 Å². The Bertz CT molecular complexity index is 316. The number of allylic oxidation sites excluding steroid dienone is 1. The number of ether oxygens (including phenoxy) is 1. The lowest BCUT2D eigenvalue weighted by Crippen LogP contribution is -2.18. The third-order valence-electron chi connectivity index (χ3n) is 1.79. The summed E-state index contributed by atoms with van der Waals surface area (Å²) in [5.74, 6) is 0.438. The van der Waals surface area contributed by atoms with Gasteiger partial charge in [-0.3, -0.25) is 4.55 Å². The Labute approximate surface area is 85.0 Å². The van der Waals surface area contributed by atoms with E-state index in [1.165, 1.54) is 6.92 Å². The van der Waals surface area contributed by atoms with Crippen LogP contribution in [0.4, 0.5) is 0 Å². The maximum absolute atomic E-state index is 10.6. The van der Waals surface area contributed by atoms with Gasteiger partial charge in [-0.1, -0.05) is 13.2 Å². The van der Waals surface area contributed by atoms with Crippen LogP contribution in [-0.4, -0.2) is 24.8 Å². The smallest absolute Gasteiger partial charge is 0.267 e. The van der Waals surface area contributed by atoms with E-state index in [9.17, 15) is 8.42 Å². The zero-order chi connectivity index (χ0) is 11.4. The minimum atomic E-state index is -3.95. The summed E-state index contributed by atoms with van der Waals surface area (Å²) in [7, 11) is -3.95. The van der Waals surface area contributed by atoms with Gasteiger partial charge < -0.3 is 4.74 Å². The second kappa shape index (κ2) is 5.17. The van der Waals surface area contributed by atoms with Gasteiger partial charge in [0, 0.05) is 6.42 Å². The number of hydrogen-bond acceptors (Lipinski definition) is 3. The molecule has 4 nitrogen and oxygen atoms in total. The Morgan fingerprint density at radius 3 is 2.36 bits per heavy atom. The fourth-order valence-electron chi connectivity index (χ4n) is 0.620. The number of hydrogen-bond donors (Lipinski definition) is 1. The quantitative estimate of drug-likeness (QED) is 0.421. The Balaban J connectivity index is 3.87. The molecule has 0 radical (unpaired) electrons. The van der Waals surface area contributed by atoms with E-state index in [-0.39, 0.29) is 13.0 Å². The molecular weight excluding hydrogens is 204 g/mol. The first kappa shape index (κ1) is 13.2. The molecule has 1 N–H and O–H groups in total. The third-order valence-corrected chi connectivity index (χ3v) is 3.04. The second-order valence-corrected chi connectivity index (χ2v) is 5.00. The zero-order valence-electron chi connectivity index (χ0n) is 8.49. The van der Waals surface area contributed by atoms with Gasteiger partial charge in [-0.2, -0.15) is 8.42 Å². The summed E-state index contributed by atoms with van der Waals surface area (Å²) < 4.78 is 34.9. The molecule has 0 fully saturated rings. The highest BCUT2D eigenvalue weighted by molar-refractivity contribution is 7.86. The van der Waals surface area contributed by atoms with Crippen LogP contribution in [0, 0.1) is 0 Å². The van der Waals surface area contributed by atoms with Gasteiger partial charge in [0.05, 0.1) is 11.9 Å². The maximum Gasteiger partial charge on any atom is 0.267 e. The summed E-state index contributed by atoms with van der Waals surface area (Å²) in [5, 5.41) is -0.819. The van der Waals surface area contributed by atoms with Crippen molar-refractivity contribution in [3.8, 4) is 0 Å². The first-order valence-electron chi connectivity index (χ1n) is 4.19. The summed E-state index contributed by atoms with van der Waals surface area (Å²) in [6.45, 7) is 10.6. The molecule has 0 spiro atoms. The van der Waals surface area contributed by atoms with E-state index in [4.69, 9.17) is 9.29 Å². The van der Waals surface area contributed by atoms with Crippen LogP contribution < -0.4 is 0 Å². The molecule has 0 aliphatic carbocycles. The topological polar surface area (TPSA) is 63.6 Å². The molecule has 0 rings (SSSR count). The van der Waals surface area contributed by atoms with Crippen LogP contribution >= 0.6 is 0 Å². The van der Waals surface area contributed by atoms with E-state index in [2.05, 4.69) is 13.2 Å². The van der Waals surface area contributed by atoms with Gasteiger partial charge in [-0.25, -0.2) is 0 Å². The maximum atomic E-state index is 10.6. The molecule has 0 aliphatic rings. The van der Waals surface area contributed by atoms with Gasteiger partial charge in [0.2, 0.25) is 0 Å². The largest absolute Gasteiger partial charge is 0.494 e. The van der Waals surface area contributed by atoms with Gasteiger partial charge in [0.1, 0.15) is 5.76 Å². The SMILES string of the molecule is C=C(C)C(=C)OCCC(C)S(=O)(=O)O. The van der Waals surface area contributed by atoms with Crippen LogP contribution in [0.2, 0.25) is 0 Å². The Hall–Kier alpha value is -0.810. The monoisotopic (exact) mass is 220 g/mol. The van der Waals surface area contributed by atoms with Crippen molar-refractivity contribution in [2.24, 2.45) is 0 Å². The highest BCUT2D eigenvalue weighted by atomic mass is 32.2. The highest BCUT2D eigenvalue weighted by Crippen LogP contribution is 2.08. The molecule has 0 aromatic rings. The molecular formula is C9H16O4S. The van der Waals surface area contributed by atoms with Gasteiger partial charge >= 0.3 is 0 Å². The van der Waals surface area contributed by atoms with Crippen molar-refractivity contribution < 1.29 is 17.7 Å². The molecule has 0 saturated heterocycles. The Kier molecular flexibility index (Phi) is 4.87. The first-order chi connectivity index (χ1) is 6.25. The van der Waals surface area contributed by atoms with E-state index in [1.54, 1.807) is 6.92 Å². The summed E-state index contributed by atoms with van der Waals surface area (Å²) in [6.07, 6.45) is 0.227. The van der Waals surface area contributed by atoms with Crippen molar-refractivity contribution in [2.45, 2.75) is 25.5 Å². The van der Waals surface area contributed by atoms with Gasteiger partial charge in [0.25, 0.3) is 10.1 Å². The molecule has 0 saturated carbocycles. The Morgan fingerprint density at radius 2 is 2.00 bits per heavy atom. The molecule has 14 heavy (non-hydrogen) atoms. The summed E-state index contributed by atoms with van der Waals surface area (Å²) in [4.78, 5) is 0. The first-order valence-corrected chi connectivity index (χ1v) is 5.69. The fraction of sp³-hybridized carbons (Fsp3) is 0.556. The van der Waals surface area contributed by atoms with Gasteiger partial charge in [-0.15, -0.1) is 0 Å². The van der Waals surface area contributed by atoms with Crippen LogP contribution in [0.25, 0.3) is 0 Å². The second-order valence-electron chi connectivity index (χ2n) is 3.17. The average molecular weight is 220 g/mol. The van der Waals surface area contributed by atoms with E-state index < -0.39 is 15.4 Å². The van der Waals surface area contributed by atoms with E-state index in [1.807, 2.05) is 0 Å². The minimum Gasteiger partial charge on any atom is -0.494 e. The van der Waals surface area contributed by atoms with Crippen molar-refractivity contribution in [1.29, 1.82) is 0 Å². The molecule has 0 amide bonds. The van der Waals surface area contributed by atoms with Gasteiger partial charge in [-0.05, 0) is 19.4 Å². The fourth-order valence-corrected chi connectivity index (χ4v) is 1.01. The summed E-state index contributed by atoms with van der Waals surface area (Å²) in [6, 6.07) is 0. The zero-order valence-corrected chi connectivity index (χ0v) is 9.30. The Morgan fingerprint density at radius 1 is 1.50 bits per heavy atom. The molecule has 5 heteroatoms. The van der Waals surface area contributed by atoms with Crippen molar-refractivity contribution in [3.63, 3.8) is 0 Å². The standard InChI is InChI=1S/C9H16O4S/c1-7(2)9(4)13-6-5-8(3)14(10,11)12/h8H,1,4-6H2,2-3H3,(H,10,11,12). The number of rotatable bonds is 6. The molecule has 1 atom stereocenters. The van der Waals surface area contributed by atoms with E-state index in [0.717, 1.165) is 0 Å². The van der Waals surface area contributed by atoms with Crippen LogP contribution in [-0.2, 0) is 14.9 Å². The van der Waals surface area contributed by atoms with Crippen LogP contribution in [0.1, 0.15) is 20.3 Å². The molecule has 0 aromatic carbocycles. The molecule has 0 bridgehead atoms. The normalized spacial score (nSPS) is 13.4. The van der Waals surface area contributed by atoms with E-state index >= 15 is 0 Å². The lowest BCUT2D eigenvalue weighted by molar-refractivity contribution is 0.216. The third kappa shape index (κ3) is 5.04. The van der Waals surface area contributed by atoms with Crippen molar-refractivity contribution in [1.82, 2.24) is 0 Å². The highest BCUT2D eigenvalue weighted by Gasteiger charge is 2.16. The molecule has 82 valence electrons. The van der Waals surface area contributed by atoms with Crippen LogP contribution in [0.15, 0.2) is 24.5 Å². The van der Waals surface area contributed by atoms with Crippen LogP contribution in [0.3, 0.4) is 0 Å². The minimum absolute atomic E-state index is 0.201. The van der Waals surface area contributed by atoms with Crippen LogP contribution in [0.5, 0.6) is 0 Å². The lowest BCUT2D eigenvalue weighted by Gasteiger charge is -2.11. The molecule has 0 heterocycles.